The number of fused-ring (bicyclic) bond motifs is 1. The van der Waals surface area contributed by atoms with Crippen molar-refractivity contribution in [1.29, 1.82) is 0 Å². The number of amides is 1. The summed E-state index contributed by atoms with van der Waals surface area (Å²) in [5.41, 5.74) is 2.44. The topological polar surface area (TPSA) is 105 Å². The molecule has 1 fully saturated rings. The van der Waals surface area contributed by atoms with Crippen molar-refractivity contribution in [2.75, 3.05) is 13.1 Å². The molecule has 2 aromatic carbocycles. The first-order chi connectivity index (χ1) is 15.9. The molecule has 0 bridgehead atoms. The molecule has 2 N–H and O–H groups in total. The van der Waals surface area contributed by atoms with E-state index < -0.39 is 10.0 Å². The van der Waals surface area contributed by atoms with Crippen LogP contribution in [-0.4, -0.2) is 46.4 Å². The smallest absolute Gasteiger partial charge is 0.243 e. The van der Waals surface area contributed by atoms with E-state index in [1.165, 1.54) is 4.31 Å². The van der Waals surface area contributed by atoms with E-state index in [0.717, 1.165) is 42.7 Å². The van der Waals surface area contributed by atoms with Crippen molar-refractivity contribution in [3.8, 4) is 5.75 Å². The maximum absolute atomic E-state index is 12.9. The number of rotatable bonds is 9. The fourth-order valence-electron chi connectivity index (χ4n) is 4.19. The molecule has 2 heterocycles. The Balaban J connectivity index is 1.48. The molecule has 9 heteroatoms. The monoisotopic (exact) mass is 470 g/mol. The molecular formula is C24H30N4O4S. The maximum atomic E-state index is 12.9. The molecular weight excluding hydrogens is 440 g/mol. The van der Waals surface area contributed by atoms with E-state index in [9.17, 15) is 18.3 Å². The number of hydrogen-bond donors (Lipinski definition) is 2. The van der Waals surface area contributed by atoms with E-state index in [1.807, 2.05) is 6.07 Å². The zero-order valence-corrected chi connectivity index (χ0v) is 19.6. The van der Waals surface area contributed by atoms with Crippen LogP contribution in [-0.2, 0) is 34.3 Å². The molecule has 3 aromatic rings. The lowest BCUT2D eigenvalue weighted by Gasteiger charge is -2.15. The summed E-state index contributed by atoms with van der Waals surface area (Å²) >= 11 is 0. The molecule has 33 heavy (non-hydrogen) atoms. The Morgan fingerprint density at radius 3 is 2.55 bits per heavy atom. The van der Waals surface area contributed by atoms with Crippen molar-refractivity contribution in [3.05, 3.63) is 53.9 Å². The van der Waals surface area contributed by atoms with Crippen LogP contribution in [0.1, 0.15) is 44.0 Å². The normalized spacial score (nSPS) is 14.7. The van der Waals surface area contributed by atoms with Crippen LogP contribution < -0.4 is 5.32 Å². The molecule has 1 aliphatic heterocycles. The lowest BCUT2D eigenvalue weighted by Crippen LogP contribution is -2.27. The van der Waals surface area contributed by atoms with E-state index in [-0.39, 0.29) is 23.0 Å². The summed E-state index contributed by atoms with van der Waals surface area (Å²) in [6.45, 7) is 4.35. The Morgan fingerprint density at radius 1 is 1.12 bits per heavy atom. The second kappa shape index (κ2) is 9.93. The molecule has 0 unspecified atom stereocenters. The van der Waals surface area contributed by atoms with Crippen molar-refractivity contribution >= 4 is 27.0 Å². The summed E-state index contributed by atoms with van der Waals surface area (Å²) in [5, 5.41) is 12.3. The average molecular weight is 471 g/mol. The molecule has 0 atom stereocenters. The number of nitrogens with zero attached hydrogens (tertiary/aromatic N) is 3. The van der Waals surface area contributed by atoms with Crippen LogP contribution in [0.3, 0.4) is 0 Å². The summed E-state index contributed by atoms with van der Waals surface area (Å²) in [6, 6.07) is 11.9. The third kappa shape index (κ3) is 5.20. The van der Waals surface area contributed by atoms with Crippen LogP contribution in [0.15, 0.2) is 47.4 Å². The summed E-state index contributed by atoms with van der Waals surface area (Å²) < 4.78 is 29.5. The molecule has 1 aliphatic rings. The predicted octanol–water partition coefficient (Wildman–Crippen LogP) is 3.19. The highest BCUT2D eigenvalue weighted by atomic mass is 32.2. The number of aromatic hydroxyl groups is 1. The van der Waals surface area contributed by atoms with Gasteiger partial charge in [-0.2, -0.15) is 4.31 Å². The first-order valence-electron chi connectivity index (χ1n) is 11.4. The lowest BCUT2D eigenvalue weighted by atomic mass is 10.2. The van der Waals surface area contributed by atoms with Crippen molar-refractivity contribution in [2.45, 2.75) is 57.0 Å². The van der Waals surface area contributed by atoms with Crippen LogP contribution >= 0.6 is 0 Å². The standard InChI is InChI=1S/C24H30N4O4S/c1-2-13-28-22-10-9-20(33(31,32)27-14-3-4-15-27)16-21(22)26-23(28)11-12-24(30)25-17-18-5-7-19(29)8-6-18/h5-10,16,29H,2-4,11-15,17H2,1H3,(H,25,30). The molecule has 1 saturated heterocycles. The Kier molecular flexibility index (Phi) is 6.99. The molecule has 1 aromatic heterocycles. The highest BCUT2D eigenvalue weighted by Crippen LogP contribution is 2.26. The molecule has 176 valence electrons. The average Bonchev–Trinajstić information content (AvgIpc) is 3.46. The molecule has 4 rings (SSSR count). The number of imidazole rings is 1. The zero-order chi connectivity index (χ0) is 23.4. The quantitative estimate of drug-likeness (QED) is 0.500. The van der Waals surface area contributed by atoms with E-state index in [0.29, 0.717) is 31.6 Å². The maximum Gasteiger partial charge on any atom is 0.243 e. The van der Waals surface area contributed by atoms with Crippen molar-refractivity contribution in [2.24, 2.45) is 0 Å². The van der Waals surface area contributed by atoms with Gasteiger partial charge in [0.25, 0.3) is 0 Å². The fraction of sp³-hybridized carbons (Fsp3) is 0.417. The van der Waals surface area contributed by atoms with E-state index in [2.05, 4.69) is 16.8 Å². The number of carbonyl (C=O) groups excluding carboxylic acids is 1. The molecule has 0 radical (unpaired) electrons. The minimum atomic E-state index is -3.50. The van der Waals surface area contributed by atoms with Gasteiger partial charge in [0.05, 0.1) is 15.9 Å². The first kappa shape index (κ1) is 23.3. The fourth-order valence-corrected chi connectivity index (χ4v) is 5.73. The summed E-state index contributed by atoms with van der Waals surface area (Å²) in [4.78, 5) is 17.4. The highest BCUT2D eigenvalue weighted by molar-refractivity contribution is 7.89. The van der Waals surface area contributed by atoms with Gasteiger partial charge in [0, 0.05) is 39.0 Å². The number of benzene rings is 2. The Hall–Kier alpha value is -2.91. The first-order valence-corrected chi connectivity index (χ1v) is 12.9. The number of sulfonamides is 1. The summed E-state index contributed by atoms with van der Waals surface area (Å²) in [6.07, 6.45) is 3.44. The molecule has 1 amide bonds. The van der Waals surface area contributed by atoms with Crippen LogP contribution in [0.2, 0.25) is 0 Å². The molecule has 0 spiro atoms. The van der Waals surface area contributed by atoms with Gasteiger partial charge in [0.1, 0.15) is 11.6 Å². The van der Waals surface area contributed by atoms with Crippen LogP contribution in [0.4, 0.5) is 0 Å². The largest absolute Gasteiger partial charge is 0.508 e. The van der Waals surface area contributed by atoms with Gasteiger partial charge < -0.3 is 15.0 Å². The highest BCUT2D eigenvalue weighted by Gasteiger charge is 2.27. The van der Waals surface area contributed by atoms with Gasteiger partial charge in [-0.25, -0.2) is 13.4 Å². The third-order valence-corrected chi connectivity index (χ3v) is 7.85. The number of aromatic nitrogens is 2. The van der Waals surface area contributed by atoms with Gasteiger partial charge in [-0.15, -0.1) is 0 Å². The van der Waals surface area contributed by atoms with E-state index in [4.69, 9.17) is 4.98 Å². The SMILES string of the molecule is CCCn1c(CCC(=O)NCc2ccc(O)cc2)nc2cc(S(=O)(=O)N3CCCC3)ccc21. The van der Waals surface area contributed by atoms with Gasteiger partial charge in [-0.1, -0.05) is 19.1 Å². The zero-order valence-electron chi connectivity index (χ0n) is 18.8. The van der Waals surface area contributed by atoms with E-state index in [1.54, 1.807) is 36.4 Å². The van der Waals surface area contributed by atoms with Gasteiger partial charge in [0.2, 0.25) is 15.9 Å². The predicted molar refractivity (Wildman–Crippen MR) is 126 cm³/mol. The van der Waals surface area contributed by atoms with Crippen LogP contribution in [0.25, 0.3) is 11.0 Å². The van der Waals surface area contributed by atoms with Gasteiger partial charge in [-0.05, 0) is 55.2 Å². The molecule has 8 nitrogen and oxygen atoms in total. The Morgan fingerprint density at radius 2 is 1.85 bits per heavy atom. The summed E-state index contributed by atoms with van der Waals surface area (Å²) in [7, 11) is -3.50. The Bertz CT molecular complexity index is 1230. The third-order valence-electron chi connectivity index (χ3n) is 5.95. The summed E-state index contributed by atoms with van der Waals surface area (Å²) in [5.74, 6) is 0.883. The van der Waals surface area contributed by atoms with Gasteiger partial charge in [-0.3, -0.25) is 4.79 Å². The van der Waals surface area contributed by atoms with Gasteiger partial charge in [0.15, 0.2) is 0 Å². The van der Waals surface area contributed by atoms with Crippen LogP contribution in [0.5, 0.6) is 5.75 Å². The van der Waals surface area contributed by atoms with Crippen LogP contribution in [0, 0.1) is 0 Å². The van der Waals surface area contributed by atoms with Crippen molar-refractivity contribution < 1.29 is 18.3 Å². The number of aryl methyl sites for hydroxylation is 2. The second-order valence-corrected chi connectivity index (χ2v) is 10.3. The number of phenols is 1. The Labute approximate surface area is 194 Å². The minimum Gasteiger partial charge on any atom is -0.508 e. The number of hydrogen-bond acceptors (Lipinski definition) is 5. The van der Waals surface area contributed by atoms with Crippen molar-refractivity contribution in [3.63, 3.8) is 0 Å². The van der Waals surface area contributed by atoms with E-state index >= 15 is 0 Å². The van der Waals surface area contributed by atoms with Gasteiger partial charge >= 0.3 is 0 Å². The number of phenolic OH excluding ortho intramolecular Hbond substituents is 1. The van der Waals surface area contributed by atoms with Crippen molar-refractivity contribution in [1.82, 2.24) is 19.2 Å². The number of carbonyl (C=O) groups is 1. The molecule has 0 aliphatic carbocycles. The second-order valence-electron chi connectivity index (χ2n) is 8.38. The number of nitrogens with one attached hydrogen (secondary N) is 1. The lowest BCUT2D eigenvalue weighted by molar-refractivity contribution is -0.121. The molecule has 0 saturated carbocycles. The minimum absolute atomic E-state index is 0.0875.